The van der Waals surface area contributed by atoms with Gasteiger partial charge < -0.3 is 10.4 Å². The Bertz CT molecular complexity index is 839. The summed E-state index contributed by atoms with van der Waals surface area (Å²) in [7, 11) is 0. The lowest BCUT2D eigenvalue weighted by atomic mass is 10.0. The number of anilines is 1. The minimum Gasteiger partial charge on any atom is -0.508 e. The van der Waals surface area contributed by atoms with Gasteiger partial charge in [-0.15, -0.1) is 0 Å². The van der Waals surface area contributed by atoms with Gasteiger partial charge in [-0.3, -0.25) is 0 Å². The van der Waals surface area contributed by atoms with Gasteiger partial charge in [0.1, 0.15) is 18.1 Å². The van der Waals surface area contributed by atoms with E-state index >= 15 is 0 Å². The number of aromatic hydroxyl groups is 1. The number of phenols is 1. The minimum atomic E-state index is -0.199. The fraction of sp³-hybridized carbons (Fsp3) is 0.0588. The fourth-order valence-corrected chi connectivity index (χ4v) is 2.68. The third kappa shape index (κ3) is 2.03. The zero-order valence-corrected chi connectivity index (χ0v) is 11.7. The Labute approximate surface area is 127 Å². The zero-order valence-electron chi connectivity index (χ0n) is 11.7. The van der Waals surface area contributed by atoms with Gasteiger partial charge in [0.25, 0.3) is 0 Å². The average Bonchev–Trinajstić information content (AvgIpc) is 3.04. The van der Waals surface area contributed by atoms with Crippen molar-refractivity contribution in [3.8, 4) is 5.75 Å². The summed E-state index contributed by atoms with van der Waals surface area (Å²) in [6, 6.07) is 17.1. The highest BCUT2D eigenvalue weighted by atomic mass is 16.3. The number of fused-ring (bicyclic) bond motifs is 1. The van der Waals surface area contributed by atoms with Gasteiger partial charge in [0, 0.05) is 11.3 Å². The van der Waals surface area contributed by atoms with Crippen molar-refractivity contribution in [2.24, 2.45) is 0 Å². The summed E-state index contributed by atoms with van der Waals surface area (Å²) in [6.45, 7) is 0. The standard InChI is InChI=1S/C17H14N4O/c22-16-9-5-4-8-13(16)15-10-14(12-6-2-1-3-7-12)20-17-18-11-19-21(15)17/h1-11,15,22H,(H,18,19,20)/t15-/m1/s1. The number of phenolic OH excluding ortho intramolecular Hbond substituents is 1. The first-order valence-corrected chi connectivity index (χ1v) is 7.04. The van der Waals surface area contributed by atoms with Crippen LogP contribution in [0.4, 0.5) is 5.95 Å². The molecule has 5 nitrogen and oxygen atoms in total. The summed E-state index contributed by atoms with van der Waals surface area (Å²) in [4.78, 5) is 4.26. The van der Waals surface area contributed by atoms with E-state index in [0.717, 1.165) is 16.8 Å². The second-order valence-electron chi connectivity index (χ2n) is 5.10. The van der Waals surface area contributed by atoms with Gasteiger partial charge in [-0.1, -0.05) is 48.5 Å². The number of hydrogen-bond donors (Lipinski definition) is 2. The molecule has 1 aromatic heterocycles. The van der Waals surface area contributed by atoms with Crippen molar-refractivity contribution in [2.75, 3.05) is 5.32 Å². The van der Waals surface area contributed by atoms with Gasteiger partial charge in [0.15, 0.2) is 0 Å². The average molecular weight is 290 g/mol. The van der Waals surface area contributed by atoms with E-state index in [1.165, 1.54) is 6.33 Å². The molecule has 1 aliphatic rings. The summed E-state index contributed by atoms with van der Waals surface area (Å²) in [6.07, 6.45) is 3.56. The molecule has 0 bridgehead atoms. The summed E-state index contributed by atoms with van der Waals surface area (Å²) >= 11 is 0. The first-order valence-electron chi connectivity index (χ1n) is 7.04. The molecule has 3 aromatic rings. The van der Waals surface area contributed by atoms with Gasteiger partial charge in [0.05, 0.1) is 0 Å². The van der Waals surface area contributed by atoms with E-state index in [2.05, 4.69) is 15.4 Å². The van der Waals surface area contributed by atoms with Crippen LogP contribution in [0.3, 0.4) is 0 Å². The molecular weight excluding hydrogens is 276 g/mol. The lowest BCUT2D eigenvalue weighted by Crippen LogP contribution is -2.20. The second kappa shape index (κ2) is 5.04. The maximum Gasteiger partial charge on any atom is 0.226 e. The van der Waals surface area contributed by atoms with Crippen LogP contribution in [0.5, 0.6) is 5.75 Å². The highest BCUT2D eigenvalue weighted by Crippen LogP contribution is 2.35. The van der Waals surface area contributed by atoms with Crippen LogP contribution in [-0.2, 0) is 0 Å². The highest BCUT2D eigenvalue weighted by molar-refractivity contribution is 5.77. The number of nitrogens with one attached hydrogen (secondary N) is 1. The minimum absolute atomic E-state index is 0.199. The summed E-state index contributed by atoms with van der Waals surface area (Å²) in [5.41, 5.74) is 2.82. The van der Waals surface area contributed by atoms with E-state index in [9.17, 15) is 5.11 Å². The molecule has 1 aliphatic heterocycles. The normalized spacial score (nSPS) is 16.5. The van der Waals surface area contributed by atoms with Crippen LogP contribution in [0.2, 0.25) is 0 Å². The van der Waals surface area contributed by atoms with E-state index in [1.54, 1.807) is 10.7 Å². The number of aromatic nitrogens is 3. The van der Waals surface area contributed by atoms with Crippen LogP contribution in [0, 0.1) is 0 Å². The predicted octanol–water partition coefficient (Wildman–Crippen LogP) is 3.04. The van der Waals surface area contributed by atoms with E-state index in [1.807, 2.05) is 54.6 Å². The SMILES string of the molecule is Oc1ccccc1[C@H]1C=C(c2ccccc2)Nc2ncnn21. The van der Waals surface area contributed by atoms with Crippen LogP contribution in [0.25, 0.3) is 5.70 Å². The number of nitrogens with zero attached hydrogens (tertiary/aromatic N) is 3. The lowest BCUT2D eigenvalue weighted by Gasteiger charge is -2.24. The third-order valence-electron chi connectivity index (χ3n) is 3.75. The molecule has 0 saturated heterocycles. The molecule has 0 unspecified atom stereocenters. The topological polar surface area (TPSA) is 63.0 Å². The molecule has 22 heavy (non-hydrogen) atoms. The van der Waals surface area contributed by atoms with Crippen molar-refractivity contribution < 1.29 is 5.11 Å². The molecule has 5 heteroatoms. The third-order valence-corrected chi connectivity index (χ3v) is 3.75. The monoisotopic (exact) mass is 290 g/mol. The van der Waals surface area contributed by atoms with Crippen LogP contribution in [0.1, 0.15) is 17.2 Å². The van der Waals surface area contributed by atoms with Crippen molar-refractivity contribution in [3.63, 3.8) is 0 Å². The largest absolute Gasteiger partial charge is 0.508 e. The second-order valence-corrected chi connectivity index (χ2v) is 5.10. The Kier molecular flexibility index (Phi) is 2.89. The van der Waals surface area contributed by atoms with E-state index in [-0.39, 0.29) is 11.8 Å². The molecule has 2 N–H and O–H groups in total. The van der Waals surface area contributed by atoms with Gasteiger partial charge >= 0.3 is 0 Å². The Morgan fingerprint density at radius 1 is 1.00 bits per heavy atom. The van der Waals surface area contributed by atoms with E-state index in [4.69, 9.17) is 0 Å². The molecule has 1 atom stereocenters. The van der Waals surface area contributed by atoms with Crippen LogP contribution >= 0.6 is 0 Å². The van der Waals surface area contributed by atoms with Crippen molar-refractivity contribution in [2.45, 2.75) is 6.04 Å². The Hall–Kier alpha value is -3.08. The fourth-order valence-electron chi connectivity index (χ4n) is 2.68. The van der Waals surface area contributed by atoms with Crippen molar-refractivity contribution >= 4 is 11.6 Å². The van der Waals surface area contributed by atoms with Crippen molar-refractivity contribution in [1.29, 1.82) is 0 Å². The van der Waals surface area contributed by atoms with Gasteiger partial charge in [0.2, 0.25) is 5.95 Å². The molecular formula is C17H14N4O. The molecule has 0 saturated carbocycles. The molecule has 0 aliphatic carbocycles. The maximum absolute atomic E-state index is 10.2. The summed E-state index contributed by atoms with van der Waals surface area (Å²) in [5, 5.41) is 17.7. The van der Waals surface area contributed by atoms with Gasteiger partial charge in [-0.2, -0.15) is 10.1 Å². The van der Waals surface area contributed by atoms with Crippen LogP contribution in [-0.4, -0.2) is 19.9 Å². The van der Waals surface area contributed by atoms with Gasteiger partial charge in [-0.05, 0) is 17.7 Å². The molecule has 2 aromatic carbocycles. The number of benzene rings is 2. The van der Waals surface area contributed by atoms with Gasteiger partial charge in [-0.25, -0.2) is 4.68 Å². The Morgan fingerprint density at radius 2 is 1.77 bits per heavy atom. The van der Waals surface area contributed by atoms with Crippen LogP contribution in [0.15, 0.2) is 67.0 Å². The smallest absolute Gasteiger partial charge is 0.226 e. The summed E-state index contributed by atoms with van der Waals surface area (Å²) < 4.78 is 1.77. The molecule has 0 radical (unpaired) electrons. The molecule has 0 spiro atoms. The quantitative estimate of drug-likeness (QED) is 0.761. The first kappa shape index (κ1) is 12.6. The highest BCUT2D eigenvalue weighted by Gasteiger charge is 2.24. The Balaban J connectivity index is 1.86. The molecule has 0 fully saturated rings. The molecule has 2 heterocycles. The number of para-hydroxylation sites is 1. The van der Waals surface area contributed by atoms with E-state index in [0.29, 0.717) is 5.95 Å². The molecule has 0 amide bonds. The number of rotatable bonds is 2. The Morgan fingerprint density at radius 3 is 2.59 bits per heavy atom. The first-order chi connectivity index (χ1) is 10.8. The molecule has 4 rings (SSSR count). The van der Waals surface area contributed by atoms with E-state index < -0.39 is 0 Å². The zero-order chi connectivity index (χ0) is 14.9. The maximum atomic E-state index is 10.2. The predicted molar refractivity (Wildman–Crippen MR) is 84.3 cm³/mol. The lowest BCUT2D eigenvalue weighted by molar-refractivity contribution is 0.457. The van der Waals surface area contributed by atoms with Crippen LogP contribution < -0.4 is 5.32 Å². The molecule has 108 valence electrons. The van der Waals surface area contributed by atoms with Crippen molar-refractivity contribution in [1.82, 2.24) is 14.8 Å². The number of allylic oxidation sites excluding steroid dienone is 1. The number of hydrogen-bond acceptors (Lipinski definition) is 4. The van der Waals surface area contributed by atoms with Crippen molar-refractivity contribution in [3.05, 3.63) is 78.1 Å². The summed E-state index contributed by atoms with van der Waals surface area (Å²) in [5.74, 6) is 0.911.